The number of aliphatic hydroxyl groups excluding tert-OH is 1. The molecule has 0 amide bonds. The Labute approximate surface area is 91.2 Å². The number of carbonyl (C=O) groups excluding carboxylic acids is 1. The third-order valence-electron chi connectivity index (χ3n) is 2.60. The Bertz CT molecular complexity index is 190. The summed E-state index contributed by atoms with van der Waals surface area (Å²) in [6.07, 6.45) is 3.51. The van der Waals surface area contributed by atoms with Gasteiger partial charge in [0.15, 0.2) is 0 Å². The molecule has 15 heavy (non-hydrogen) atoms. The number of hydrogen-bond acceptors (Lipinski definition) is 4. The van der Waals surface area contributed by atoms with Crippen molar-refractivity contribution in [2.75, 3.05) is 26.2 Å². The summed E-state index contributed by atoms with van der Waals surface area (Å²) >= 11 is 0. The monoisotopic (exact) mass is 215 g/mol. The van der Waals surface area contributed by atoms with E-state index in [2.05, 4.69) is 4.90 Å². The van der Waals surface area contributed by atoms with Crippen LogP contribution in [0, 0.1) is 0 Å². The molecule has 0 unspecified atom stereocenters. The van der Waals surface area contributed by atoms with Crippen LogP contribution in [0.5, 0.6) is 0 Å². The van der Waals surface area contributed by atoms with Gasteiger partial charge in [0.05, 0.1) is 12.7 Å². The number of carbonyl (C=O) groups is 1. The quantitative estimate of drug-likeness (QED) is 0.504. The maximum absolute atomic E-state index is 11.0. The lowest BCUT2D eigenvalue weighted by Gasteiger charge is -2.35. The number of aliphatic hydroxyl groups is 1. The lowest BCUT2D eigenvalue weighted by Crippen LogP contribution is -2.50. The largest absolute Gasteiger partial charge is 0.466 e. The lowest BCUT2D eigenvalue weighted by molar-refractivity contribution is -0.143. The van der Waals surface area contributed by atoms with Crippen molar-refractivity contribution < 1.29 is 14.6 Å². The van der Waals surface area contributed by atoms with E-state index in [0.29, 0.717) is 13.0 Å². The number of likely N-dealkylation sites (tertiary alicyclic amines) is 1. The molecule has 0 bridgehead atoms. The number of esters is 1. The minimum Gasteiger partial charge on any atom is -0.466 e. The van der Waals surface area contributed by atoms with E-state index in [4.69, 9.17) is 9.84 Å². The first-order valence-electron chi connectivity index (χ1n) is 5.78. The fraction of sp³-hybridized carbons (Fsp3) is 0.909. The van der Waals surface area contributed by atoms with E-state index < -0.39 is 0 Å². The van der Waals surface area contributed by atoms with Gasteiger partial charge >= 0.3 is 5.97 Å². The van der Waals surface area contributed by atoms with E-state index in [-0.39, 0.29) is 12.1 Å². The van der Waals surface area contributed by atoms with Crippen molar-refractivity contribution in [3.8, 4) is 0 Å². The molecule has 1 saturated heterocycles. The molecule has 0 aromatic rings. The number of hydrogen-bond donors (Lipinski definition) is 1. The molecule has 88 valence electrons. The van der Waals surface area contributed by atoms with E-state index in [9.17, 15) is 4.79 Å². The molecule has 0 aromatic heterocycles. The number of unbranched alkanes of at least 4 members (excludes halogenated alkanes) is 2. The molecule has 1 aliphatic heterocycles. The van der Waals surface area contributed by atoms with Crippen LogP contribution in [0.15, 0.2) is 0 Å². The number of rotatable bonds is 7. The molecule has 0 aromatic carbocycles. The second kappa shape index (κ2) is 6.80. The minimum absolute atomic E-state index is 0.0862. The van der Waals surface area contributed by atoms with Gasteiger partial charge in [0.2, 0.25) is 0 Å². The highest BCUT2D eigenvalue weighted by Gasteiger charge is 2.22. The van der Waals surface area contributed by atoms with Gasteiger partial charge in [-0.2, -0.15) is 0 Å². The highest BCUT2D eigenvalue weighted by atomic mass is 16.5. The summed E-state index contributed by atoms with van der Waals surface area (Å²) in [6.45, 7) is 4.98. The third-order valence-corrected chi connectivity index (χ3v) is 2.60. The van der Waals surface area contributed by atoms with Gasteiger partial charge < -0.3 is 9.84 Å². The zero-order valence-electron chi connectivity index (χ0n) is 9.45. The van der Waals surface area contributed by atoms with E-state index in [0.717, 1.165) is 38.9 Å². The lowest BCUT2D eigenvalue weighted by atomic mass is 10.1. The molecular formula is C11H21NO3. The van der Waals surface area contributed by atoms with Gasteiger partial charge in [-0.3, -0.25) is 9.69 Å². The topological polar surface area (TPSA) is 49.8 Å². The van der Waals surface area contributed by atoms with Crippen molar-refractivity contribution in [1.82, 2.24) is 4.90 Å². The van der Waals surface area contributed by atoms with Gasteiger partial charge in [-0.05, 0) is 26.3 Å². The molecule has 0 spiro atoms. The van der Waals surface area contributed by atoms with Crippen molar-refractivity contribution in [3.05, 3.63) is 0 Å². The predicted molar refractivity (Wildman–Crippen MR) is 57.5 cm³/mol. The zero-order valence-corrected chi connectivity index (χ0v) is 9.45. The summed E-state index contributed by atoms with van der Waals surface area (Å²) in [5.74, 6) is -0.0862. The Morgan fingerprint density at radius 1 is 1.40 bits per heavy atom. The third kappa shape index (κ3) is 5.14. The molecule has 4 heteroatoms. The average Bonchev–Trinajstić information content (AvgIpc) is 2.14. The fourth-order valence-electron chi connectivity index (χ4n) is 1.74. The number of β-amino-alcohol motifs (C(OH)–C–C–N with tert-alkyl or cyclic N) is 1. The Kier molecular flexibility index (Phi) is 5.65. The highest BCUT2D eigenvalue weighted by Crippen LogP contribution is 2.09. The van der Waals surface area contributed by atoms with Crippen LogP contribution >= 0.6 is 0 Å². The van der Waals surface area contributed by atoms with E-state index in [1.807, 2.05) is 6.92 Å². The van der Waals surface area contributed by atoms with Crippen LogP contribution in [-0.2, 0) is 9.53 Å². The van der Waals surface area contributed by atoms with E-state index >= 15 is 0 Å². The smallest absolute Gasteiger partial charge is 0.305 e. The summed E-state index contributed by atoms with van der Waals surface area (Å²) < 4.78 is 4.83. The Balaban J connectivity index is 1.83. The van der Waals surface area contributed by atoms with E-state index in [1.54, 1.807) is 0 Å². The van der Waals surface area contributed by atoms with Crippen LogP contribution in [0.2, 0.25) is 0 Å². The molecule has 1 heterocycles. The molecule has 0 radical (unpaired) electrons. The number of ether oxygens (including phenoxy) is 1. The maximum Gasteiger partial charge on any atom is 0.305 e. The van der Waals surface area contributed by atoms with Crippen LogP contribution in [0.3, 0.4) is 0 Å². The summed E-state index contributed by atoms with van der Waals surface area (Å²) in [4.78, 5) is 13.2. The molecule has 0 atom stereocenters. The van der Waals surface area contributed by atoms with E-state index in [1.165, 1.54) is 0 Å². The van der Waals surface area contributed by atoms with Gasteiger partial charge in [-0.1, -0.05) is 6.42 Å². The second-order valence-corrected chi connectivity index (χ2v) is 4.03. The molecular weight excluding hydrogens is 194 g/mol. The first kappa shape index (κ1) is 12.5. The first-order chi connectivity index (χ1) is 7.22. The fourth-order valence-corrected chi connectivity index (χ4v) is 1.74. The van der Waals surface area contributed by atoms with Crippen molar-refractivity contribution in [1.29, 1.82) is 0 Å². The summed E-state index contributed by atoms with van der Waals surface area (Å²) in [5.41, 5.74) is 0. The van der Waals surface area contributed by atoms with Gasteiger partial charge in [0.25, 0.3) is 0 Å². The van der Waals surface area contributed by atoms with Crippen LogP contribution < -0.4 is 0 Å². The van der Waals surface area contributed by atoms with Gasteiger partial charge in [-0.15, -0.1) is 0 Å². The van der Waals surface area contributed by atoms with Crippen LogP contribution in [0.25, 0.3) is 0 Å². The zero-order chi connectivity index (χ0) is 11.1. The van der Waals surface area contributed by atoms with Crippen molar-refractivity contribution in [2.45, 2.75) is 38.7 Å². The SMILES string of the molecule is CCOC(=O)CCCCCN1CC(O)C1. The molecule has 4 nitrogen and oxygen atoms in total. The van der Waals surface area contributed by atoms with Gasteiger partial charge in [0, 0.05) is 19.5 Å². The summed E-state index contributed by atoms with van der Waals surface area (Å²) in [7, 11) is 0. The maximum atomic E-state index is 11.0. The Morgan fingerprint density at radius 3 is 2.73 bits per heavy atom. The Hall–Kier alpha value is -0.610. The van der Waals surface area contributed by atoms with Crippen LogP contribution in [0.1, 0.15) is 32.6 Å². The average molecular weight is 215 g/mol. The predicted octanol–water partition coefficient (Wildman–Crippen LogP) is 0.786. The number of nitrogens with zero attached hydrogens (tertiary/aromatic N) is 1. The molecule has 1 fully saturated rings. The summed E-state index contributed by atoms with van der Waals surface area (Å²) in [5, 5.41) is 9.05. The molecule has 1 rings (SSSR count). The normalized spacial score (nSPS) is 17.5. The van der Waals surface area contributed by atoms with Gasteiger partial charge in [-0.25, -0.2) is 0 Å². The standard InChI is InChI=1S/C11H21NO3/c1-2-15-11(14)6-4-3-5-7-12-8-10(13)9-12/h10,13H,2-9H2,1H3. The van der Waals surface area contributed by atoms with Crippen LogP contribution in [0.4, 0.5) is 0 Å². The van der Waals surface area contributed by atoms with Crippen molar-refractivity contribution >= 4 is 5.97 Å². The molecule has 0 saturated carbocycles. The molecule has 1 N–H and O–H groups in total. The first-order valence-corrected chi connectivity index (χ1v) is 5.78. The second-order valence-electron chi connectivity index (χ2n) is 4.03. The summed E-state index contributed by atoms with van der Waals surface area (Å²) in [6, 6.07) is 0. The molecule has 1 aliphatic rings. The van der Waals surface area contributed by atoms with Gasteiger partial charge in [0.1, 0.15) is 0 Å². The van der Waals surface area contributed by atoms with Crippen LogP contribution in [-0.4, -0.2) is 48.3 Å². The molecule has 0 aliphatic carbocycles. The minimum atomic E-state index is -0.107. The highest BCUT2D eigenvalue weighted by molar-refractivity contribution is 5.69. The van der Waals surface area contributed by atoms with Crippen molar-refractivity contribution in [3.63, 3.8) is 0 Å². The van der Waals surface area contributed by atoms with Crippen molar-refractivity contribution in [2.24, 2.45) is 0 Å². The Morgan fingerprint density at radius 2 is 2.13 bits per heavy atom.